The number of piperidine rings is 1. The molecular formula is C21H23N3OS. The van der Waals surface area contributed by atoms with Gasteiger partial charge in [-0.25, -0.2) is 4.98 Å². The van der Waals surface area contributed by atoms with Crippen molar-refractivity contribution in [3.05, 3.63) is 59.1 Å². The molecule has 0 N–H and O–H groups in total. The lowest BCUT2D eigenvalue weighted by Gasteiger charge is -2.32. The third-order valence-electron chi connectivity index (χ3n) is 5.00. The van der Waals surface area contributed by atoms with Gasteiger partial charge in [0.15, 0.2) is 0 Å². The molecule has 3 aromatic rings. The molecule has 4 rings (SSSR count). The molecular weight excluding hydrogens is 342 g/mol. The van der Waals surface area contributed by atoms with Crippen LogP contribution in [0.15, 0.2) is 48.5 Å². The number of carbonyl (C=O) groups is 1. The van der Waals surface area contributed by atoms with Crippen LogP contribution in [0.3, 0.4) is 0 Å². The Morgan fingerprint density at radius 1 is 1.15 bits per heavy atom. The van der Waals surface area contributed by atoms with Gasteiger partial charge in [-0.15, -0.1) is 11.3 Å². The molecule has 0 spiro atoms. The van der Waals surface area contributed by atoms with Crippen LogP contribution in [-0.2, 0) is 0 Å². The number of aromatic nitrogens is 1. The number of carbonyl (C=O) groups excluding carboxylic acids is 1. The standard InChI is InChI=1S/C21H23N3OS/c1-23(2)17-11-9-15(10-12-17)21(25)24-13-5-6-16(14-24)20-22-18-7-3-4-8-19(18)26-20/h3-4,7-12,16H,5-6,13-14H2,1-2H3. The van der Waals surface area contributed by atoms with Gasteiger partial charge in [-0.1, -0.05) is 12.1 Å². The minimum absolute atomic E-state index is 0.126. The summed E-state index contributed by atoms with van der Waals surface area (Å²) < 4.78 is 1.23. The number of fused-ring (bicyclic) bond motifs is 1. The fourth-order valence-corrected chi connectivity index (χ4v) is 4.61. The van der Waals surface area contributed by atoms with Gasteiger partial charge in [0.05, 0.1) is 15.2 Å². The van der Waals surface area contributed by atoms with Crippen LogP contribution in [0.4, 0.5) is 5.69 Å². The zero-order chi connectivity index (χ0) is 18.1. The van der Waals surface area contributed by atoms with Crippen molar-refractivity contribution in [3.8, 4) is 0 Å². The van der Waals surface area contributed by atoms with Gasteiger partial charge >= 0.3 is 0 Å². The number of para-hydroxylation sites is 1. The molecule has 1 amide bonds. The second-order valence-electron chi connectivity index (χ2n) is 7.05. The van der Waals surface area contributed by atoms with Gasteiger partial charge in [0.2, 0.25) is 0 Å². The van der Waals surface area contributed by atoms with Crippen LogP contribution in [-0.4, -0.2) is 43.0 Å². The summed E-state index contributed by atoms with van der Waals surface area (Å²) in [6.07, 6.45) is 2.13. The average Bonchev–Trinajstić information content (AvgIpc) is 3.12. The minimum Gasteiger partial charge on any atom is -0.378 e. The lowest BCUT2D eigenvalue weighted by Crippen LogP contribution is -2.39. The van der Waals surface area contributed by atoms with E-state index in [0.717, 1.165) is 47.7 Å². The van der Waals surface area contributed by atoms with Crippen molar-refractivity contribution < 1.29 is 4.79 Å². The Kier molecular flexibility index (Phi) is 4.64. The second-order valence-corrected chi connectivity index (χ2v) is 8.11. The number of amides is 1. The summed E-state index contributed by atoms with van der Waals surface area (Å²) >= 11 is 1.76. The number of rotatable bonds is 3. The molecule has 0 bridgehead atoms. The summed E-state index contributed by atoms with van der Waals surface area (Å²) in [4.78, 5) is 21.8. The Balaban J connectivity index is 1.51. The van der Waals surface area contributed by atoms with Crippen LogP contribution in [0.5, 0.6) is 0 Å². The van der Waals surface area contributed by atoms with Crippen LogP contribution in [0, 0.1) is 0 Å². The third-order valence-corrected chi connectivity index (χ3v) is 6.20. The fraction of sp³-hybridized carbons (Fsp3) is 0.333. The molecule has 2 heterocycles. The highest BCUT2D eigenvalue weighted by Crippen LogP contribution is 2.33. The molecule has 1 aliphatic rings. The number of thiazole rings is 1. The monoisotopic (exact) mass is 365 g/mol. The fourth-order valence-electron chi connectivity index (χ4n) is 3.51. The maximum Gasteiger partial charge on any atom is 0.253 e. The smallest absolute Gasteiger partial charge is 0.253 e. The van der Waals surface area contributed by atoms with E-state index in [1.165, 1.54) is 4.70 Å². The van der Waals surface area contributed by atoms with Crippen molar-refractivity contribution in [1.29, 1.82) is 0 Å². The normalized spacial score (nSPS) is 17.5. The Hall–Kier alpha value is -2.40. The highest BCUT2D eigenvalue weighted by atomic mass is 32.1. The van der Waals surface area contributed by atoms with E-state index in [4.69, 9.17) is 4.98 Å². The zero-order valence-corrected chi connectivity index (χ0v) is 16.0. The number of hydrogen-bond acceptors (Lipinski definition) is 4. The predicted octanol–water partition coefficient (Wildman–Crippen LogP) is 4.38. The highest BCUT2D eigenvalue weighted by molar-refractivity contribution is 7.18. The Morgan fingerprint density at radius 3 is 2.65 bits per heavy atom. The lowest BCUT2D eigenvalue weighted by atomic mass is 9.98. The first-order valence-electron chi connectivity index (χ1n) is 9.04. The molecule has 1 aromatic heterocycles. The molecule has 1 saturated heterocycles. The Labute approximate surface area is 158 Å². The molecule has 2 aromatic carbocycles. The summed E-state index contributed by atoms with van der Waals surface area (Å²) in [5, 5.41) is 1.16. The van der Waals surface area contributed by atoms with E-state index in [2.05, 4.69) is 18.2 Å². The number of nitrogens with zero attached hydrogens (tertiary/aromatic N) is 3. The molecule has 1 atom stereocenters. The lowest BCUT2D eigenvalue weighted by molar-refractivity contribution is 0.0707. The van der Waals surface area contributed by atoms with Crippen molar-refractivity contribution >= 4 is 33.1 Å². The maximum absolute atomic E-state index is 12.9. The number of hydrogen-bond donors (Lipinski definition) is 0. The van der Waals surface area contributed by atoms with Crippen molar-refractivity contribution in [3.63, 3.8) is 0 Å². The quantitative estimate of drug-likeness (QED) is 0.691. The molecule has 1 fully saturated rings. The first-order chi connectivity index (χ1) is 12.6. The van der Waals surface area contributed by atoms with E-state index in [1.807, 2.05) is 54.2 Å². The van der Waals surface area contributed by atoms with Gasteiger partial charge < -0.3 is 9.80 Å². The SMILES string of the molecule is CN(C)c1ccc(C(=O)N2CCCC(c3nc4ccccc4s3)C2)cc1. The van der Waals surface area contributed by atoms with Crippen molar-refractivity contribution in [2.45, 2.75) is 18.8 Å². The van der Waals surface area contributed by atoms with Crippen LogP contribution in [0.1, 0.15) is 34.1 Å². The number of anilines is 1. The molecule has 26 heavy (non-hydrogen) atoms. The van der Waals surface area contributed by atoms with Crippen molar-refractivity contribution in [1.82, 2.24) is 9.88 Å². The van der Waals surface area contributed by atoms with E-state index < -0.39 is 0 Å². The topological polar surface area (TPSA) is 36.4 Å². The van der Waals surface area contributed by atoms with E-state index >= 15 is 0 Å². The highest BCUT2D eigenvalue weighted by Gasteiger charge is 2.27. The Morgan fingerprint density at radius 2 is 1.92 bits per heavy atom. The summed E-state index contributed by atoms with van der Waals surface area (Å²) in [5.41, 5.74) is 2.93. The third kappa shape index (κ3) is 3.31. The predicted molar refractivity (Wildman–Crippen MR) is 108 cm³/mol. The van der Waals surface area contributed by atoms with Crippen LogP contribution in [0.25, 0.3) is 10.2 Å². The maximum atomic E-state index is 12.9. The van der Waals surface area contributed by atoms with Gasteiger partial charge in [-0.2, -0.15) is 0 Å². The van der Waals surface area contributed by atoms with Gasteiger partial charge in [-0.3, -0.25) is 4.79 Å². The van der Waals surface area contributed by atoms with Gasteiger partial charge in [0, 0.05) is 44.4 Å². The molecule has 5 heteroatoms. The molecule has 134 valence electrons. The van der Waals surface area contributed by atoms with Gasteiger partial charge in [0.25, 0.3) is 5.91 Å². The van der Waals surface area contributed by atoms with Crippen molar-refractivity contribution in [2.24, 2.45) is 0 Å². The van der Waals surface area contributed by atoms with Gasteiger partial charge in [-0.05, 0) is 49.2 Å². The largest absolute Gasteiger partial charge is 0.378 e. The van der Waals surface area contributed by atoms with Crippen LogP contribution < -0.4 is 4.90 Å². The Bertz CT molecular complexity index is 883. The van der Waals surface area contributed by atoms with E-state index in [1.54, 1.807) is 11.3 Å². The first-order valence-corrected chi connectivity index (χ1v) is 9.85. The summed E-state index contributed by atoms with van der Waals surface area (Å²) in [6.45, 7) is 1.59. The first kappa shape index (κ1) is 17.0. The zero-order valence-electron chi connectivity index (χ0n) is 15.2. The molecule has 0 aliphatic carbocycles. The minimum atomic E-state index is 0.126. The molecule has 0 saturated carbocycles. The van der Waals surface area contributed by atoms with Crippen LogP contribution >= 0.6 is 11.3 Å². The van der Waals surface area contributed by atoms with Gasteiger partial charge in [0.1, 0.15) is 0 Å². The summed E-state index contributed by atoms with van der Waals surface area (Å²) in [6, 6.07) is 16.1. The van der Waals surface area contributed by atoms with Crippen LogP contribution in [0.2, 0.25) is 0 Å². The van der Waals surface area contributed by atoms with E-state index in [0.29, 0.717) is 5.92 Å². The van der Waals surface area contributed by atoms with E-state index in [9.17, 15) is 4.79 Å². The molecule has 1 unspecified atom stereocenters. The van der Waals surface area contributed by atoms with Crippen molar-refractivity contribution in [2.75, 3.05) is 32.1 Å². The molecule has 4 nitrogen and oxygen atoms in total. The van der Waals surface area contributed by atoms with E-state index in [-0.39, 0.29) is 5.91 Å². The summed E-state index contributed by atoms with van der Waals surface area (Å²) in [7, 11) is 4.01. The average molecular weight is 366 g/mol. The molecule has 1 aliphatic heterocycles. The summed E-state index contributed by atoms with van der Waals surface area (Å²) in [5.74, 6) is 0.465. The second kappa shape index (κ2) is 7.08. The number of benzene rings is 2. The molecule has 0 radical (unpaired) electrons. The number of likely N-dealkylation sites (tertiary alicyclic amines) is 1.